The van der Waals surface area contributed by atoms with Crippen molar-refractivity contribution in [3.05, 3.63) is 21.0 Å². The first kappa shape index (κ1) is 16.7. The van der Waals surface area contributed by atoms with Crippen molar-refractivity contribution in [2.24, 2.45) is 0 Å². The topological polar surface area (TPSA) is 76.0 Å². The number of hydrogen-bond acceptors (Lipinski definition) is 4. The van der Waals surface area contributed by atoms with Crippen LogP contribution < -0.4 is 16.2 Å². The lowest BCUT2D eigenvalue weighted by atomic mass is 10.2. The van der Waals surface area contributed by atoms with Gasteiger partial charge < -0.3 is 10.6 Å². The van der Waals surface area contributed by atoms with Crippen LogP contribution in [0.3, 0.4) is 0 Å². The van der Waals surface area contributed by atoms with Crippen LogP contribution in [0.25, 0.3) is 0 Å². The second kappa shape index (κ2) is 6.88. The zero-order valence-corrected chi connectivity index (χ0v) is 14.0. The Morgan fingerprint density at radius 2 is 1.90 bits per heavy atom. The molecule has 0 bridgehead atoms. The molecule has 6 nitrogen and oxygen atoms in total. The first-order chi connectivity index (χ1) is 9.23. The van der Waals surface area contributed by atoms with E-state index in [9.17, 15) is 9.59 Å². The van der Waals surface area contributed by atoms with E-state index in [1.54, 1.807) is 13.1 Å². The molecular weight excluding hydrogens is 324 g/mol. The van der Waals surface area contributed by atoms with Crippen molar-refractivity contribution in [3.63, 3.8) is 0 Å². The summed E-state index contributed by atoms with van der Waals surface area (Å²) < 4.78 is 1.76. The van der Waals surface area contributed by atoms with Crippen LogP contribution in [0.4, 0.5) is 5.69 Å². The fourth-order valence-electron chi connectivity index (χ4n) is 1.62. The van der Waals surface area contributed by atoms with E-state index >= 15 is 0 Å². The minimum atomic E-state index is -0.454. The number of carbonyl (C=O) groups excluding carboxylic acids is 1. The van der Waals surface area contributed by atoms with E-state index in [0.29, 0.717) is 10.2 Å². The summed E-state index contributed by atoms with van der Waals surface area (Å²) >= 11 is 3.26. The molecule has 1 rings (SSSR count). The summed E-state index contributed by atoms with van der Waals surface area (Å²) in [5, 5.41) is 9.89. The van der Waals surface area contributed by atoms with E-state index in [1.807, 2.05) is 27.7 Å². The summed E-state index contributed by atoms with van der Waals surface area (Å²) in [6, 6.07) is -0.401. The molecule has 1 atom stereocenters. The highest BCUT2D eigenvalue weighted by molar-refractivity contribution is 9.10. The summed E-state index contributed by atoms with van der Waals surface area (Å²) in [7, 11) is 0. The number of amides is 1. The van der Waals surface area contributed by atoms with Crippen molar-refractivity contribution in [1.29, 1.82) is 0 Å². The van der Waals surface area contributed by atoms with Gasteiger partial charge in [0, 0.05) is 6.04 Å². The maximum absolute atomic E-state index is 12.1. The summed E-state index contributed by atoms with van der Waals surface area (Å²) in [5.74, 6) is -0.125. The molecule has 0 aliphatic rings. The van der Waals surface area contributed by atoms with Crippen LogP contribution in [0.1, 0.15) is 40.7 Å². The predicted octanol–water partition coefficient (Wildman–Crippen LogP) is 1.91. The highest BCUT2D eigenvalue weighted by Gasteiger charge is 2.17. The molecule has 0 radical (unpaired) electrons. The minimum absolute atomic E-state index is 0.0190. The van der Waals surface area contributed by atoms with Crippen molar-refractivity contribution in [2.75, 3.05) is 5.32 Å². The molecule has 1 amide bonds. The zero-order valence-electron chi connectivity index (χ0n) is 12.4. The molecule has 0 aliphatic carbocycles. The van der Waals surface area contributed by atoms with Gasteiger partial charge in [-0.2, -0.15) is 5.10 Å². The number of rotatable bonds is 5. The van der Waals surface area contributed by atoms with E-state index in [0.717, 1.165) is 0 Å². The Morgan fingerprint density at radius 3 is 2.40 bits per heavy atom. The number of aromatic nitrogens is 2. The van der Waals surface area contributed by atoms with E-state index in [2.05, 4.69) is 31.7 Å². The first-order valence-electron chi connectivity index (χ1n) is 6.58. The number of nitrogens with one attached hydrogen (secondary N) is 2. The highest BCUT2D eigenvalue weighted by atomic mass is 79.9. The molecule has 1 aromatic rings. The SMILES string of the molecule is CC(C)NC(=O)C(C)Nc1cnn(C(C)C)c(=O)c1Br. The third-order valence-electron chi connectivity index (χ3n) is 2.63. The van der Waals surface area contributed by atoms with Crippen LogP contribution in [0.15, 0.2) is 15.5 Å². The third kappa shape index (κ3) is 4.06. The van der Waals surface area contributed by atoms with Gasteiger partial charge in [0.25, 0.3) is 5.56 Å². The van der Waals surface area contributed by atoms with Crippen LogP contribution in [0.5, 0.6) is 0 Å². The van der Waals surface area contributed by atoms with Crippen molar-refractivity contribution < 1.29 is 4.79 Å². The van der Waals surface area contributed by atoms with E-state index in [-0.39, 0.29) is 23.6 Å². The van der Waals surface area contributed by atoms with Gasteiger partial charge in [0.2, 0.25) is 5.91 Å². The summed E-state index contributed by atoms with van der Waals surface area (Å²) in [5.41, 5.74) is 0.291. The summed E-state index contributed by atoms with van der Waals surface area (Å²) in [6.07, 6.45) is 1.55. The van der Waals surface area contributed by atoms with Crippen LogP contribution in [-0.4, -0.2) is 27.8 Å². The molecule has 0 aromatic carbocycles. The van der Waals surface area contributed by atoms with Gasteiger partial charge in [-0.1, -0.05) is 0 Å². The van der Waals surface area contributed by atoms with Gasteiger partial charge in [-0.05, 0) is 50.5 Å². The van der Waals surface area contributed by atoms with Gasteiger partial charge in [0.1, 0.15) is 10.5 Å². The second-order valence-corrected chi connectivity index (χ2v) is 6.04. The van der Waals surface area contributed by atoms with Gasteiger partial charge in [0.05, 0.1) is 17.9 Å². The van der Waals surface area contributed by atoms with Gasteiger partial charge in [-0.25, -0.2) is 4.68 Å². The number of anilines is 1. The van der Waals surface area contributed by atoms with Crippen molar-refractivity contribution in [3.8, 4) is 0 Å². The Morgan fingerprint density at radius 1 is 1.30 bits per heavy atom. The number of nitrogens with zero attached hydrogens (tertiary/aromatic N) is 2. The largest absolute Gasteiger partial charge is 0.372 e. The molecular formula is C13H21BrN4O2. The fraction of sp³-hybridized carbons (Fsp3) is 0.615. The monoisotopic (exact) mass is 344 g/mol. The number of carbonyl (C=O) groups is 1. The van der Waals surface area contributed by atoms with Gasteiger partial charge in [-0.15, -0.1) is 0 Å². The fourth-order valence-corrected chi connectivity index (χ4v) is 2.02. The van der Waals surface area contributed by atoms with Crippen molar-refractivity contribution >= 4 is 27.5 Å². The average Bonchev–Trinajstić information content (AvgIpc) is 2.33. The van der Waals surface area contributed by atoms with Gasteiger partial charge in [0.15, 0.2) is 0 Å². The average molecular weight is 345 g/mol. The highest BCUT2D eigenvalue weighted by Crippen LogP contribution is 2.18. The van der Waals surface area contributed by atoms with Crippen LogP contribution in [0.2, 0.25) is 0 Å². The summed E-state index contributed by atoms with van der Waals surface area (Å²) in [6.45, 7) is 9.29. The lowest BCUT2D eigenvalue weighted by molar-refractivity contribution is -0.122. The summed E-state index contributed by atoms with van der Waals surface area (Å²) in [4.78, 5) is 23.9. The molecule has 20 heavy (non-hydrogen) atoms. The van der Waals surface area contributed by atoms with Crippen molar-refractivity contribution in [1.82, 2.24) is 15.1 Å². The maximum atomic E-state index is 12.1. The Hall–Kier alpha value is -1.37. The quantitative estimate of drug-likeness (QED) is 0.855. The Kier molecular flexibility index (Phi) is 5.74. The number of halogens is 1. The lowest BCUT2D eigenvalue weighted by Gasteiger charge is -2.18. The standard InChI is InChI=1S/C13H21BrN4O2/c1-7(2)16-12(19)9(5)17-10-6-15-18(8(3)4)13(20)11(10)14/h6-9,17H,1-5H3,(H,16,19). The molecule has 1 aromatic heterocycles. The van der Waals surface area contributed by atoms with E-state index in [4.69, 9.17) is 0 Å². The Labute approximate surface area is 127 Å². The third-order valence-corrected chi connectivity index (χ3v) is 3.40. The molecule has 0 saturated heterocycles. The van der Waals surface area contributed by atoms with Crippen LogP contribution in [-0.2, 0) is 4.79 Å². The van der Waals surface area contributed by atoms with Crippen molar-refractivity contribution in [2.45, 2.75) is 52.7 Å². The normalized spacial score (nSPS) is 12.6. The van der Waals surface area contributed by atoms with Gasteiger partial charge in [-0.3, -0.25) is 9.59 Å². The Bertz CT molecular complexity index is 540. The smallest absolute Gasteiger partial charge is 0.283 e. The molecule has 0 aliphatic heterocycles. The Balaban J connectivity index is 2.92. The van der Waals surface area contributed by atoms with Gasteiger partial charge >= 0.3 is 0 Å². The molecule has 0 fully saturated rings. The van der Waals surface area contributed by atoms with E-state index in [1.165, 1.54) is 4.68 Å². The second-order valence-electron chi connectivity index (χ2n) is 5.25. The maximum Gasteiger partial charge on any atom is 0.283 e. The molecule has 7 heteroatoms. The number of hydrogen-bond donors (Lipinski definition) is 2. The minimum Gasteiger partial charge on any atom is -0.372 e. The molecule has 0 spiro atoms. The van der Waals surface area contributed by atoms with Crippen LogP contribution in [0, 0.1) is 0 Å². The van der Waals surface area contributed by atoms with Crippen LogP contribution >= 0.6 is 15.9 Å². The molecule has 112 valence electrons. The molecule has 1 unspecified atom stereocenters. The molecule has 1 heterocycles. The predicted molar refractivity (Wildman–Crippen MR) is 82.9 cm³/mol. The molecule has 0 saturated carbocycles. The van der Waals surface area contributed by atoms with E-state index < -0.39 is 6.04 Å². The zero-order chi connectivity index (χ0) is 15.4. The lowest BCUT2D eigenvalue weighted by Crippen LogP contribution is -2.41. The molecule has 2 N–H and O–H groups in total. The first-order valence-corrected chi connectivity index (χ1v) is 7.37.